The van der Waals surface area contributed by atoms with Gasteiger partial charge in [0, 0.05) is 5.56 Å². The van der Waals surface area contributed by atoms with Crippen LogP contribution in [-0.4, -0.2) is 17.1 Å². The van der Waals surface area contributed by atoms with Crippen molar-refractivity contribution in [1.82, 2.24) is 4.57 Å². The molecule has 0 unspecified atom stereocenters. The van der Waals surface area contributed by atoms with E-state index >= 15 is 0 Å². The summed E-state index contributed by atoms with van der Waals surface area (Å²) in [6.45, 7) is 3.66. The van der Waals surface area contributed by atoms with Gasteiger partial charge >= 0.3 is 5.97 Å². The maximum Gasteiger partial charge on any atom is 0.338 e. The highest BCUT2D eigenvalue weighted by Crippen LogP contribution is 2.26. The van der Waals surface area contributed by atoms with Crippen molar-refractivity contribution < 1.29 is 13.9 Å². The summed E-state index contributed by atoms with van der Waals surface area (Å²) in [5, 5.41) is 0. The largest absolute Gasteiger partial charge is 0.463 e. The molecule has 1 atom stereocenters. The number of ether oxygens (including phenoxy) is 1. The van der Waals surface area contributed by atoms with Gasteiger partial charge in [-0.2, -0.15) is 0 Å². The summed E-state index contributed by atoms with van der Waals surface area (Å²) in [6, 6.07) is 15.2. The number of halogens is 1. The van der Waals surface area contributed by atoms with Gasteiger partial charge in [0.15, 0.2) is 4.80 Å². The van der Waals surface area contributed by atoms with Crippen molar-refractivity contribution in [3.63, 3.8) is 0 Å². The van der Waals surface area contributed by atoms with Crippen molar-refractivity contribution in [2.75, 3.05) is 6.61 Å². The molecule has 0 amide bonds. The topological polar surface area (TPSA) is 60.7 Å². The Bertz CT molecular complexity index is 1400. The third-order valence-electron chi connectivity index (χ3n) is 5.02. The second-order valence-electron chi connectivity index (χ2n) is 7.14. The standard InChI is InChI=1S/C25H21FN2O3S/c1-3-31-24(30)22-16(2)27-25-28(20(22)14-13-17-9-5-4-6-10-17)23(29)21(32-25)15-18-11-7-8-12-19(18)26/h4-15,20H,3H2,1-2H3/b14-13-,21-15+/t20-/m0/s1. The molecule has 7 heteroatoms. The van der Waals surface area contributed by atoms with Gasteiger partial charge in [-0.1, -0.05) is 72.0 Å². The van der Waals surface area contributed by atoms with Gasteiger partial charge in [-0.05, 0) is 31.6 Å². The van der Waals surface area contributed by atoms with E-state index in [9.17, 15) is 14.0 Å². The van der Waals surface area contributed by atoms with E-state index in [1.807, 2.05) is 36.4 Å². The summed E-state index contributed by atoms with van der Waals surface area (Å²) in [6.07, 6.45) is 5.17. The summed E-state index contributed by atoms with van der Waals surface area (Å²) in [4.78, 5) is 31.0. The first-order valence-electron chi connectivity index (χ1n) is 10.2. The van der Waals surface area contributed by atoms with Crippen molar-refractivity contribution in [2.45, 2.75) is 19.9 Å². The highest BCUT2D eigenvalue weighted by atomic mass is 32.1. The minimum atomic E-state index is -0.687. The molecule has 0 bridgehead atoms. The number of fused-ring (bicyclic) bond motifs is 1. The molecule has 0 aliphatic carbocycles. The minimum Gasteiger partial charge on any atom is -0.463 e. The molecule has 162 valence electrons. The molecule has 5 nitrogen and oxygen atoms in total. The fourth-order valence-electron chi connectivity index (χ4n) is 3.52. The number of thiazole rings is 1. The number of rotatable bonds is 5. The van der Waals surface area contributed by atoms with Crippen LogP contribution in [0.5, 0.6) is 0 Å². The molecule has 1 aliphatic rings. The number of benzene rings is 2. The summed E-state index contributed by atoms with van der Waals surface area (Å²) in [7, 11) is 0. The van der Waals surface area contributed by atoms with Crippen molar-refractivity contribution in [3.8, 4) is 0 Å². The summed E-state index contributed by atoms with van der Waals surface area (Å²) >= 11 is 1.16. The molecule has 2 heterocycles. The Morgan fingerprint density at radius 3 is 2.62 bits per heavy atom. The number of aromatic nitrogens is 1. The Morgan fingerprint density at radius 1 is 1.19 bits per heavy atom. The Labute approximate surface area is 188 Å². The average molecular weight is 449 g/mol. The molecule has 1 aliphatic heterocycles. The van der Waals surface area contributed by atoms with Gasteiger partial charge in [0.1, 0.15) is 5.82 Å². The van der Waals surface area contributed by atoms with Gasteiger partial charge in [-0.3, -0.25) is 9.36 Å². The van der Waals surface area contributed by atoms with Crippen LogP contribution in [0.2, 0.25) is 0 Å². The zero-order valence-corrected chi connectivity index (χ0v) is 18.4. The Balaban J connectivity index is 1.89. The fourth-order valence-corrected chi connectivity index (χ4v) is 4.56. The van der Waals surface area contributed by atoms with Crippen molar-refractivity contribution in [1.29, 1.82) is 0 Å². The lowest BCUT2D eigenvalue weighted by atomic mass is 10.0. The van der Waals surface area contributed by atoms with E-state index < -0.39 is 17.8 Å². The summed E-state index contributed by atoms with van der Waals surface area (Å²) in [5.41, 5.74) is 1.71. The molecule has 32 heavy (non-hydrogen) atoms. The first kappa shape index (κ1) is 21.6. The monoisotopic (exact) mass is 448 g/mol. The van der Waals surface area contributed by atoms with Crippen LogP contribution in [0.15, 0.2) is 81.7 Å². The summed E-state index contributed by atoms with van der Waals surface area (Å²) in [5.74, 6) is -0.929. The zero-order chi connectivity index (χ0) is 22.7. The molecule has 1 aromatic heterocycles. The number of allylic oxidation sites excluding steroid dienone is 2. The van der Waals surface area contributed by atoms with Crippen LogP contribution in [0.25, 0.3) is 12.2 Å². The van der Waals surface area contributed by atoms with Gasteiger partial charge in [-0.15, -0.1) is 0 Å². The number of hydrogen-bond acceptors (Lipinski definition) is 5. The van der Waals surface area contributed by atoms with Crippen molar-refractivity contribution in [2.24, 2.45) is 4.99 Å². The number of esters is 1. The van der Waals surface area contributed by atoms with Crippen molar-refractivity contribution in [3.05, 3.63) is 109 Å². The normalized spacial score (nSPS) is 16.2. The highest BCUT2D eigenvalue weighted by Gasteiger charge is 2.30. The van der Waals surface area contributed by atoms with Crippen molar-refractivity contribution >= 4 is 29.5 Å². The molecule has 0 saturated carbocycles. The quantitative estimate of drug-likeness (QED) is 0.561. The molecule has 0 radical (unpaired) electrons. The number of nitrogens with zero attached hydrogens (tertiary/aromatic N) is 2. The highest BCUT2D eigenvalue weighted by molar-refractivity contribution is 7.07. The van der Waals surface area contributed by atoms with Gasteiger partial charge in [-0.25, -0.2) is 14.2 Å². The third kappa shape index (κ3) is 4.24. The maximum atomic E-state index is 14.2. The Kier molecular flexibility index (Phi) is 6.28. The fraction of sp³-hybridized carbons (Fsp3) is 0.160. The lowest BCUT2D eigenvalue weighted by molar-refractivity contribution is -0.139. The number of hydrogen-bond donors (Lipinski definition) is 0. The average Bonchev–Trinajstić information content (AvgIpc) is 3.09. The molecule has 2 aromatic carbocycles. The molecule has 0 spiro atoms. The van der Waals surface area contributed by atoms with E-state index in [4.69, 9.17) is 4.74 Å². The second-order valence-corrected chi connectivity index (χ2v) is 8.14. The van der Waals surface area contributed by atoms with Crippen LogP contribution < -0.4 is 14.9 Å². The molecule has 0 fully saturated rings. The van der Waals surface area contributed by atoms with E-state index in [0.717, 1.165) is 16.9 Å². The number of carbonyl (C=O) groups is 1. The molecule has 3 aromatic rings. The SMILES string of the molecule is CCOC(=O)C1=C(C)N=c2s/c(=C/c3ccccc3F)c(=O)n2[C@H]1/C=C\c1ccccc1. The predicted octanol–water partition coefficient (Wildman–Crippen LogP) is 3.60. The van der Waals surface area contributed by atoms with Gasteiger partial charge < -0.3 is 4.74 Å². The van der Waals surface area contributed by atoms with E-state index in [1.54, 1.807) is 38.1 Å². The molecule has 0 N–H and O–H groups in total. The van der Waals surface area contributed by atoms with E-state index in [2.05, 4.69) is 4.99 Å². The lowest BCUT2D eigenvalue weighted by Gasteiger charge is -2.21. The molecular formula is C25H21FN2O3S. The molecule has 0 saturated heterocycles. The summed E-state index contributed by atoms with van der Waals surface area (Å²) < 4.78 is 21.2. The lowest BCUT2D eigenvalue weighted by Crippen LogP contribution is -2.38. The Morgan fingerprint density at radius 2 is 1.91 bits per heavy atom. The van der Waals surface area contributed by atoms with Gasteiger partial charge in [0.2, 0.25) is 0 Å². The van der Waals surface area contributed by atoms with E-state index in [0.29, 0.717) is 26.2 Å². The van der Waals surface area contributed by atoms with Crippen LogP contribution in [-0.2, 0) is 9.53 Å². The maximum absolute atomic E-state index is 14.2. The molecular weight excluding hydrogens is 427 g/mol. The van der Waals surface area contributed by atoms with E-state index in [1.165, 1.54) is 16.7 Å². The third-order valence-corrected chi connectivity index (χ3v) is 6.00. The second kappa shape index (κ2) is 9.28. The van der Waals surface area contributed by atoms with E-state index in [-0.39, 0.29) is 12.2 Å². The van der Waals surface area contributed by atoms with Crippen LogP contribution in [0.3, 0.4) is 0 Å². The number of carbonyl (C=O) groups excluding carboxylic acids is 1. The first-order valence-corrected chi connectivity index (χ1v) is 11.0. The molecule has 4 rings (SSSR count). The van der Waals surface area contributed by atoms with Crippen LogP contribution in [0.4, 0.5) is 4.39 Å². The predicted molar refractivity (Wildman–Crippen MR) is 123 cm³/mol. The van der Waals surface area contributed by atoms with Crippen LogP contribution >= 0.6 is 11.3 Å². The zero-order valence-electron chi connectivity index (χ0n) is 17.6. The first-order chi connectivity index (χ1) is 15.5. The minimum absolute atomic E-state index is 0.211. The van der Waals surface area contributed by atoms with Gasteiger partial charge in [0.25, 0.3) is 5.56 Å². The van der Waals surface area contributed by atoms with Gasteiger partial charge in [0.05, 0.1) is 28.5 Å². The van der Waals surface area contributed by atoms with Crippen LogP contribution in [0.1, 0.15) is 31.0 Å². The smallest absolute Gasteiger partial charge is 0.338 e. The van der Waals surface area contributed by atoms with Crippen LogP contribution in [0, 0.1) is 5.82 Å². The Hall–Kier alpha value is -3.58.